The molecule has 1 aromatic heterocycles. The Kier molecular flexibility index (Phi) is 4.58. The highest BCUT2D eigenvalue weighted by molar-refractivity contribution is 9.11. The summed E-state index contributed by atoms with van der Waals surface area (Å²) >= 11 is 4.97. The summed E-state index contributed by atoms with van der Waals surface area (Å²) in [6.07, 6.45) is 1.01. The van der Waals surface area contributed by atoms with Crippen LogP contribution in [0.3, 0.4) is 0 Å². The molecule has 0 saturated carbocycles. The zero-order chi connectivity index (χ0) is 14.0. The molecule has 2 rings (SSSR count). The van der Waals surface area contributed by atoms with Crippen molar-refractivity contribution in [2.24, 2.45) is 5.92 Å². The lowest BCUT2D eigenvalue weighted by atomic mass is 9.99. The Labute approximate surface area is 126 Å². The minimum absolute atomic E-state index is 0.115. The summed E-state index contributed by atoms with van der Waals surface area (Å²) in [5.74, 6) is 0.716. The molecule has 1 aromatic carbocycles. The second kappa shape index (κ2) is 6.02. The molecular formula is C16H17BrOS. The molecule has 0 N–H and O–H groups in total. The summed E-state index contributed by atoms with van der Waals surface area (Å²) in [5.41, 5.74) is 3.13. The molecule has 3 heteroatoms. The summed E-state index contributed by atoms with van der Waals surface area (Å²) in [6.45, 7) is 6.38. The number of thiophene rings is 1. The van der Waals surface area contributed by atoms with Gasteiger partial charge in [-0.15, -0.1) is 11.3 Å². The van der Waals surface area contributed by atoms with Crippen LogP contribution in [-0.4, -0.2) is 5.78 Å². The lowest BCUT2D eigenvalue weighted by molar-refractivity contribution is 0.104. The Morgan fingerprint density at radius 2 is 2.05 bits per heavy atom. The molecule has 0 aliphatic rings. The molecule has 0 spiro atoms. The highest BCUT2D eigenvalue weighted by Crippen LogP contribution is 2.29. The molecule has 0 aliphatic heterocycles. The van der Waals surface area contributed by atoms with E-state index in [0.717, 1.165) is 26.2 Å². The van der Waals surface area contributed by atoms with Gasteiger partial charge in [-0.05, 0) is 58.5 Å². The third-order valence-corrected chi connectivity index (χ3v) is 5.05. The van der Waals surface area contributed by atoms with Crippen molar-refractivity contribution < 1.29 is 4.79 Å². The lowest BCUT2D eigenvalue weighted by Crippen LogP contribution is -2.01. The topological polar surface area (TPSA) is 17.1 Å². The Morgan fingerprint density at radius 3 is 2.63 bits per heavy atom. The first-order chi connectivity index (χ1) is 8.97. The second-order valence-corrected chi connectivity index (χ2v) is 7.56. The van der Waals surface area contributed by atoms with Gasteiger partial charge in [-0.2, -0.15) is 0 Å². The van der Waals surface area contributed by atoms with Gasteiger partial charge in [0.15, 0.2) is 0 Å². The second-order valence-electron chi connectivity index (χ2n) is 5.19. The van der Waals surface area contributed by atoms with Gasteiger partial charge >= 0.3 is 0 Å². The van der Waals surface area contributed by atoms with E-state index >= 15 is 0 Å². The van der Waals surface area contributed by atoms with E-state index in [4.69, 9.17) is 0 Å². The van der Waals surface area contributed by atoms with Crippen molar-refractivity contribution in [1.82, 2.24) is 0 Å². The SMILES string of the molecule is Cc1cc(C(=O)c2cccc(CC(C)C)c2)sc1Br. The fourth-order valence-corrected chi connectivity index (χ4v) is 3.52. The number of halogens is 1. The van der Waals surface area contributed by atoms with Gasteiger partial charge in [-0.3, -0.25) is 4.79 Å². The summed E-state index contributed by atoms with van der Waals surface area (Å²) in [5, 5.41) is 0. The first kappa shape index (κ1) is 14.5. The van der Waals surface area contributed by atoms with Crippen LogP contribution in [0.1, 0.15) is 40.2 Å². The van der Waals surface area contributed by atoms with E-state index in [0.29, 0.717) is 5.92 Å². The molecule has 19 heavy (non-hydrogen) atoms. The molecule has 0 fully saturated rings. The summed E-state index contributed by atoms with van der Waals surface area (Å²) in [6, 6.07) is 9.93. The molecular weight excluding hydrogens is 320 g/mol. The maximum absolute atomic E-state index is 12.4. The molecule has 0 atom stereocenters. The van der Waals surface area contributed by atoms with E-state index in [1.54, 1.807) is 0 Å². The normalized spacial score (nSPS) is 11.0. The molecule has 0 aliphatic carbocycles. The quantitative estimate of drug-likeness (QED) is 0.697. The number of carbonyl (C=O) groups is 1. The Morgan fingerprint density at radius 1 is 1.32 bits per heavy atom. The zero-order valence-electron chi connectivity index (χ0n) is 11.4. The van der Waals surface area contributed by atoms with Gasteiger partial charge in [-0.1, -0.05) is 32.0 Å². The van der Waals surface area contributed by atoms with Crippen molar-refractivity contribution in [3.05, 3.63) is 55.7 Å². The molecule has 1 heterocycles. The van der Waals surface area contributed by atoms with Crippen LogP contribution in [0.25, 0.3) is 0 Å². The molecule has 0 saturated heterocycles. The number of hydrogen-bond acceptors (Lipinski definition) is 2. The van der Waals surface area contributed by atoms with Gasteiger partial charge in [0.1, 0.15) is 0 Å². The standard InChI is InChI=1S/C16H17BrOS/c1-10(2)7-12-5-4-6-13(9-12)15(18)14-8-11(3)16(17)19-14/h4-6,8-10H,7H2,1-3H3. The molecule has 0 unspecified atom stereocenters. The highest BCUT2D eigenvalue weighted by atomic mass is 79.9. The van der Waals surface area contributed by atoms with Crippen LogP contribution in [0.4, 0.5) is 0 Å². The molecule has 2 aromatic rings. The van der Waals surface area contributed by atoms with Crippen LogP contribution >= 0.6 is 27.3 Å². The fraction of sp³-hybridized carbons (Fsp3) is 0.312. The van der Waals surface area contributed by atoms with Crippen molar-refractivity contribution in [1.29, 1.82) is 0 Å². The maximum atomic E-state index is 12.4. The van der Waals surface area contributed by atoms with E-state index in [9.17, 15) is 4.79 Å². The molecule has 0 amide bonds. The van der Waals surface area contributed by atoms with Crippen LogP contribution in [0.5, 0.6) is 0 Å². The van der Waals surface area contributed by atoms with Crippen molar-refractivity contribution in [3.8, 4) is 0 Å². The monoisotopic (exact) mass is 336 g/mol. The summed E-state index contributed by atoms with van der Waals surface area (Å²) in [4.78, 5) is 13.2. The van der Waals surface area contributed by atoms with Crippen LogP contribution in [0.2, 0.25) is 0 Å². The number of benzene rings is 1. The zero-order valence-corrected chi connectivity index (χ0v) is 13.8. The fourth-order valence-electron chi connectivity index (χ4n) is 2.02. The Bertz CT molecular complexity index is 579. The number of hydrogen-bond donors (Lipinski definition) is 0. The number of aryl methyl sites for hydroxylation is 1. The summed E-state index contributed by atoms with van der Waals surface area (Å²) < 4.78 is 1.04. The minimum Gasteiger partial charge on any atom is -0.288 e. The van der Waals surface area contributed by atoms with E-state index in [2.05, 4.69) is 35.8 Å². The molecule has 0 radical (unpaired) electrons. The minimum atomic E-state index is 0.115. The van der Waals surface area contributed by atoms with E-state index in [1.165, 1.54) is 16.9 Å². The average Bonchev–Trinajstić information content (AvgIpc) is 2.68. The first-order valence-electron chi connectivity index (χ1n) is 6.37. The van der Waals surface area contributed by atoms with Crippen LogP contribution in [0, 0.1) is 12.8 Å². The van der Waals surface area contributed by atoms with Crippen molar-refractivity contribution in [2.75, 3.05) is 0 Å². The third-order valence-electron chi connectivity index (χ3n) is 2.91. The van der Waals surface area contributed by atoms with Gasteiger partial charge in [0.05, 0.1) is 8.66 Å². The molecule has 1 nitrogen and oxygen atoms in total. The number of rotatable bonds is 4. The Hall–Kier alpha value is -0.930. The highest BCUT2D eigenvalue weighted by Gasteiger charge is 2.14. The van der Waals surface area contributed by atoms with Crippen molar-refractivity contribution >= 4 is 33.0 Å². The molecule has 100 valence electrons. The van der Waals surface area contributed by atoms with Gasteiger partial charge in [0, 0.05) is 5.56 Å². The smallest absolute Gasteiger partial charge is 0.202 e. The maximum Gasteiger partial charge on any atom is 0.202 e. The van der Waals surface area contributed by atoms with Crippen LogP contribution in [0.15, 0.2) is 34.1 Å². The van der Waals surface area contributed by atoms with Gasteiger partial charge in [0.2, 0.25) is 5.78 Å². The first-order valence-corrected chi connectivity index (χ1v) is 7.98. The van der Waals surface area contributed by atoms with Gasteiger partial charge in [0.25, 0.3) is 0 Å². The largest absolute Gasteiger partial charge is 0.288 e. The summed E-state index contributed by atoms with van der Waals surface area (Å²) in [7, 11) is 0. The van der Waals surface area contributed by atoms with E-state index in [-0.39, 0.29) is 5.78 Å². The number of carbonyl (C=O) groups excluding carboxylic acids is 1. The van der Waals surface area contributed by atoms with Crippen molar-refractivity contribution in [3.63, 3.8) is 0 Å². The molecule has 0 bridgehead atoms. The van der Waals surface area contributed by atoms with Crippen molar-refractivity contribution in [2.45, 2.75) is 27.2 Å². The van der Waals surface area contributed by atoms with Crippen LogP contribution in [-0.2, 0) is 6.42 Å². The third kappa shape index (κ3) is 3.54. The Balaban J connectivity index is 2.28. The average molecular weight is 337 g/mol. The predicted molar refractivity (Wildman–Crippen MR) is 85.2 cm³/mol. The van der Waals surface area contributed by atoms with Crippen LogP contribution < -0.4 is 0 Å². The number of ketones is 1. The van der Waals surface area contributed by atoms with Gasteiger partial charge < -0.3 is 0 Å². The van der Waals surface area contributed by atoms with Gasteiger partial charge in [-0.25, -0.2) is 0 Å². The van der Waals surface area contributed by atoms with E-state index in [1.807, 2.05) is 31.2 Å². The van der Waals surface area contributed by atoms with E-state index < -0.39 is 0 Å². The predicted octanol–water partition coefficient (Wildman–Crippen LogP) is 5.25. The lowest BCUT2D eigenvalue weighted by Gasteiger charge is -2.06.